The minimum atomic E-state index is -0.219. The molecule has 0 aliphatic carbocycles. The predicted octanol–water partition coefficient (Wildman–Crippen LogP) is 1.90. The van der Waals surface area contributed by atoms with Gasteiger partial charge in [-0.05, 0) is 32.8 Å². The molecule has 2 atom stereocenters. The largest absolute Gasteiger partial charge is 0.338 e. The van der Waals surface area contributed by atoms with E-state index < -0.39 is 0 Å². The van der Waals surface area contributed by atoms with Crippen LogP contribution in [-0.4, -0.2) is 51.0 Å². The summed E-state index contributed by atoms with van der Waals surface area (Å²) in [4.78, 5) is 29.3. The molecule has 0 unspecified atom stereocenters. The number of nitrogens with zero attached hydrogens (tertiary/aromatic N) is 4. The van der Waals surface area contributed by atoms with Crippen molar-refractivity contribution in [3.63, 3.8) is 0 Å². The summed E-state index contributed by atoms with van der Waals surface area (Å²) in [5.41, 5.74) is 2.28. The average molecular weight is 330 g/mol. The molecule has 0 saturated carbocycles. The van der Waals surface area contributed by atoms with Crippen LogP contribution in [0.5, 0.6) is 0 Å². The van der Waals surface area contributed by atoms with E-state index in [0.717, 1.165) is 18.7 Å². The van der Waals surface area contributed by atoms with Crippen LogP contribution in [0.1, 0.15) is 44.8 Å². The topological polar surface area (TPSA) is 58.4 Å². The maximum Gasteiger partial charge on any atom is 0.228 e. The summed E-state index contributed by atoms with van der Waals surface area (Å²) in [5.74, 6) is 0.0999. The predicted molar refractivity (Wildman–Crippen MR) is 91.0 cm³/mol. The fourth-order valence-corrected chi connectivity index (χ4v) is 3.83. The summed E-state index contributed by atoms with van der Waals surface area (Å²) in [6.07, 6.45) is 5.86. The zero-order valence-corrected chi connectivity index (χ0v) is 14.7. The van der Waals surface area contributed by atoms with Crippen molar-refractivity contribution >= 4 is 11.8 Å². The number of rotatable bonds is 3. The highest BCUT2D eigenvalue weighted by atomic mass is 16.2. The molecule has 130 valence electrons. The molecule has 0 bridgehead atoms. The molecule has 1 fully saturated rings. The lowest BCUT2D eigenvalue weighted by atomic mass is 9.85. The SMILES string of the molecule is CCN1C(=O)CC[C@H](C(=O)N2CC=C(C)CC2)[C@H]1c1ccnn1C. The maximum absolute atomic E-state index is 13.2. The van der Waals surface area contributed by atoms with E-state index in [1.807, 2.05) is 29.8 Å². The van der Waals surface area contributed by atoms with E-state index >= 15 is 0 Å². The third kappa shape index (κ3) is 2.97. The Bertz CT molecular complexity index is 664. The van der Waals surface area contributed by atoms with Crippen molar-refractivity contribution in [2.45, 2.75) is 39.2 Å². The highest BCUT2D eigenvalue weighted by Gasteiger charge is 2.42. The van der Waals surface area contributed by atoms with E-state index in [4.69, 9.17) is 0 Å². The van der Waals surface area contributed by atoms with Gasteiger partial charge in [0.05, 0.1) is 17.7 Å². The maximum atomic E-state index is 13.2. The van der Waals surface area contributed by atoms with Crippen molar-refractivity contribution in [1.82, 2.24) is 19.6 Å². The molecular formula is C18H26N4O2. The van der Waals surface area contributed by atoms with Crippen LogP contribution in [0.15, 0.2) is 23.9 Å². The number of carbonyl (C=O) groups is 2. The van der Waals surface area contributed by atoms with Crippen LogP contribution < -0.4 is 0 Å². The van der Waals surface area contributed by atoms with Gasteiger partial charge in [0.15, 0.2) is 0 Å². The Balaban J connectivity index is 1.91. The Labute approximate surface area is 143 Å². The third-order valence-corrected chi connectivity index (χ3v) is 5.27. The molecule has 3 rings (SSSR count). The third-order valence-electron chi connectivity index (χ3n) is 5.27. The molecule has 24 heavy (non-hydrogen) atoms. The molecule has 2 amide bonds. The molecule has 1 aromatic rings. The molecule has 6 heteroatoms. The highest BCUT2D eigenvalue weighted by molar-refractivity contribution is 5.85. The fourth-order valence-electron chi connectivity index (χ4n) is 3.83. The lowest BCUT2D eigenvalue weighted by molar-refractivity contribution is -0.148. The zero-order valence-electron chi connectivity index (χ0n) is 14.7. The van der Waals surface area contributed by atoms with Crippen molar-refractivity contribution in [1.29, 1.82) is 0 Å². The lowest BCUT2D eigenvalue weighted by Crippen LogP contribution is -2.50. The number of aromatic nitrogens is 2. The quantitative estimate of drug-likeness (QED) is 0.795. The van der Waals surface area contributed by atoms with E-state index in [1.165, 1.54) is 5.57 Å². The number of amides is 2. The first-order valence-electron chi connectivity index (χ1n) is 8.74. The van der Waals surface area contributed by atoms with Gasteiger partial charge in [-0.25, -0.2) is 0 Å². The fraction of sp³-hybridized carbons (Fsp3) is 0.611. The van der Waals surface area contributed by atoms with Crippen molar-refractivity contribution in [2.24, 2.45) is 13.0 Å². The minimum Gasteiger partial charge on any atom is -0.338 e. The van der Waals surface area contributed by atoms with Crippen LogP contribution in [-0.2, 0) is 16.6 Å². The van der Waals surface area contributed by atoms with E-state index in [9.17, 15) is 9.59 Å². The molecular weight excluding hydrogens is 304 g/mol. The van der Waals surface area contributed by atoms with Gasteiger partial charge in [-0.1, -0.05) is 11.6 Å². The molecule has 1 aromatic heterocycles. The Morgan fingerprint density at radius 2 is 2.17 bits per heavy atom. The van der Waals surface area contributed by atoms with E-state index in [0.29, 0.717) is 25.9 Å². The van der Waals surface area contributed by atoms with Crippen molar-refractivity contribution in [3.05, 3.63) is 29.6 Å². The second-order valence-corrected chi connectivity index (χ2v) is 6.73. The van der Waals surface area contributed by atoms with E-state index in [-0.39, 0.29) is 23.8 Å². The Morgan fingerprint density at radius 3 is 2.75 bits per heavy atom. The van der Waals surface area contributed by atoms with Crippen LogP contribution in [0, 0.1) is 5.92 Å². The summed E-state index contributed by atoms with van der Waals surface area (Å²) < 4.78 is 1.78. The van der Waals surface area contributed by atoms with Crippen LogP contribution in [0.3, 0.4) is 0 Å². The monoisotopic (exact) mass is 330 g/mol. The van der Waals surface area contributed by atoms with E-state index in [2.05, 4.69) is 18.1 Å². The number of likely N-dealkylation sites (tertiary alicyclic amines) is 1. The Morgan fingerprint density at radius 1 is 1.38 bits per heavy atom. The molecule has 2 aliphatic rings. The van der Waals surface area contributed by atoms with Gasteiger partial charge in [0, 0.05) is 39.3 Å². The summed E-state index contributed by atoms with van der Waals surface area (Å²) in [7, 11) is 1.87. The number of aryl methyl sites for hydroxylation is 1. The van der Waals surface area contributed by atoms with Crippen LogP contribution in [0.2, 0.25) is 0 Å². The van der Waals surface area contributed by atoms with Gasteiger partial charge >= 0.3 is 0 Å². The lowest BCUT2D eigenvalue weighted by Gasteiger charge is -2.42. The molecule has 0 aromatic carbocycles. The zero-order chi connectivity index (χ0) is 17.3. The summed E-state index contributed by atoms with van der Waals surface area (Å²) in [6, 6.07) is 1.70. The van der Waals surface area contributed by atoms with Crippen molar-refractivity contribution in [2.75, 3.05) is 19.6 Å². The van der Waals surface area contributed by atoms with Gasteiger partial charge in [0.25, 0.3) is 0 Å². The first-order chi connectivity index (χ1) is 11.5. The summed E-state index contributed by atoms with van der Waals surface area (Å²) >= 11 is 0. The Kier molecular flexibility index (Phi) is 4.73. The first-order valence-corrected chi connectivity index (χ1v) is 8.74. The van der Waals surface area contributed by atoms with Crippen LogP contribution in [0.4, 0.5) is 0 Å². The second kappa shape index (κ2) is 6.79. The summed E-state index contributed by atoms with van der Waals surface area (Å²) in [5, 5.41) is 4.25. The first kappa shape index (κ1) is 16.7. The smallest absolute Gasteiger partial charge is 0.228 e. The summed E-state index contributed by atoms with van der Waals surface area (Å²) in [6.45, 7) is 6.14. The standard InChI is InChI=1S/C18H26N4O2/c1-4-22-16(23)6-5-14(17(22)15-7-10-19-20(15)3)18(24)21-11-8-13(2)9-12-21/h7-8,10,14,17H,4-6,9,11-12H2,1-3H3/t14-,17-/m0/s1. The van der Waals surface area contributed by atoms with E-state index in [1.54, 1.807) is 10.9 Å². The van der Waals surface area contributed by atoms with Gasteiger partial charge in [0.2, 0.25) is 11.8 Å². The Hall–Kier alpha value is -2.11. The number of hydrogen-bond donors (Lipinski definition) is 0. The second-order valence-electron chi connectivity index (χ2n) is 6.73. The van der Waals surface area contributed by atoms with Gasteiger partial charge < -0.3 is 9.80 Å². The minimum absolute atomic E-state index is 0.127. The average Bonchev–Trinajstić information content (AvgIpc) is 3.00. The van der Waals surface area contributed by atoms with Crippen molar-refractivity contribution < 1.29 is 9.59 Å². The molecule has 1 saturated heterocycles. The normalized spacial score (nSPS) is 25.0. The van der Waals surface area contributed by atoms with Crippen molar-refractivity contribution in [3.8, 4) is 0 Å². The molecule has 3 heterocycles. The van der Waals surface area contributed by atoms with Gasteiger partial charge in [-0.2, -0.15) is 5.10 Å². The van der Waals surface area contributed by atoms with Gasteiger partial charge in [0.1, 0.15) is 0 Å². The molecule has 0 radical (unpaired) electrons. The molecule has 6 nitrogen and oxygen atoms in total. The molecule has 0 spiro atoms. The van der Waals surface area contributed by atoms with Gasteiger partial charge in [-0.15, -0.1) is 0 Å². The highest BCUT2D eigenvalue weighted by Crippen LogP contribution is 2.37. The molecule has 0 N–H and O–H groups in total. The van der Waals surface area contributed by atoms with Gasteiger partial charge in [-0.3, -0.25) is 14.3 Å². The van der Waals surface area contributed by atoms with Crippen LogP contribution >= 0.6 is 0 Å². The van der Waals surface area contributed by atoms with Crippen LogP contribution in [0.25, 0.3) is 0 Å². The number of carbonyl (C=O) groups excluding carboxylic acids is 2. The number of hydrogen-bond acceptors (Lipinski definition) is 3. The number of piperidine rings is 1. The molecule has 2 aliphatic heterocycles.